The Balaban J connectivity index is 2.17. The predicted molar refractivity (Wildman–Crippen MR) is 74.0 cm³/mol. The number of rotatable bonds is 5. The van der Waals surface area contributed by atoms with Crippen molar-refractivity contribution in [2.45, 2.75) is 19.4 Å². The molecule has 5 heteroatoms. The Kier molecular flexibility index (Phi) is 4.06. The standard InChI is InChI=1S/C14H18N2O3/c1-3-11(8-18-2)16-14(17)13-7-9-6-10(15)4-5-12(9)19-13/h4-7,11H,3,8,15H2,1-2H3,(H,16,17). The summed E-state index contributed by atoms with van der Waals surface area (Å²) in [6, 6.07) is 6.96. The molecule has 0 spiro atoms. The second kappa shape index (κ2) is 5.75. The molecule has 1 aromatic heterocycles. The van der Waals surface area contributed by atoms with Crippen LogP contribution in [-0.2, 0) is 4.74 Å². The molecular weight excluding hydrogens is 244 g/mol. The second-order valence-corrected chi connectivity index (χ2v) is 4.44. The summed E-state index contributed by atoms with van der Waals surface area (Å²) in [5.41, 5.74) is 6.99. The van der Waals surface area contributed by atoms with Gasteiger partial charge in [-0.3, -0.25) is 4.79 Å². The molecule has 0 aliphatic carbocycles. The van der Waals surface area contributed by atoms with Gasteiger partial charge in [0.2, 0.25) is 0 Å². The summed E-state index contributed by atoms with van der Waals surface area (Å²) in [7, 11) is 1.61. The number of carbonyl (C=O) groups excluding carboxylic acids is 1. The van der Waals surface area contributed by atoms with Crippen LogP contribution in [0.15, 0.2) is 28.7 Å². The maximum absolute atomic E-state index is 12.1. The number of nitrogens with one attached hydrogen (secondary N) is 1. The van der Waals surface area contributed by atoms with E-state index in [1.54, 1.807) is 31.4 Å². The maximum atomic E-state index is 12.1. The number of hydrogen-bond acceptors (Lipinski definition) is 4. The quantitative estimate of drug-likeness (QED) is 0.809. The topological polar surface area (TPSA) is 77.5 Å². The Morgan fingerprint density at radius 1 is 1.47 bits per heavy atom. The highest BCUT2D eigenvalue weighted by molar-refractivity contribution is 5.96. The number of carbonyl (C=O) groups is 1. The number of benzene rings is 1. The molecule has 1 heterocycles. The van der Waals surface area contributed by atoms with Gasteiger partial charge in [-0.15, -0.1) is 0 Å². The normalized spacial score (nSPS) is 12.5. The Bertz CT molecular complexity index is 577. The summed E-state index contributed by atoms with van der Waals surface area (Å²) in [5, 5.41) is 3.69. The van der Waals surface area contributed by atoms with Crippen LogP contribution in [0.1, 0.15) is 23.9 Å². The van der Waals surface area contributed by atoms with Crippen molar-refractivity contribution in [1.29, 1.82) is 0 Å². The van der Waals surface area contributed by atoms with E-state index in [0.717, 1.165) is 11.8 Å². The molecule has 2 aromatic rings. The lowest BCUT2D eigenvalue weighted by molar-refractivity contribution is 0.0869. The Morgan fingerprint density at radius 3 is 2.95 bits per heavy atom. The molecule has 1 aromatic carbocycles. The van der Waals surface area contributed by atoms with Gasteiger partial charge in [0.05, 0.1) is 12.6 Å². The maximum Gasteiger partial charge on any atom is 0.287 e. The first-order valence-corrected chi connectivity index (χ1v) is 6.23. The summed E-state index contributed by atoms with van der Waals surface area (Å²) in [6.07, 6.45) is 0.798. The van der Waals surface area contributed by atoms with Gasteiger partial charge in [-0.05, 0) is 30.7 Å². The minimum atomic E-state index is -0.237. The molecule has 0 aliphatic heterocycles. The van der Waals surface area contributed by atoms with Crippen molar-refractivity contribution in [3.05, 3.63) is 30.0 Å². The molecule has 0 fully saturated rings. The van der Waals surface area contributed by atoms with Crippen LogP contribution in [0.3, 0.4) is 0 Å². The SMILES string of the molecule is CCC(COC)NC(=O)c1cc2cc(N)ccc2o1. The van der Waals surface area contributed by atoms with Crippen molar-refractivity contribution in [1.82, 2.24) is 5.32 Å². The summed E-state index contributed by atoms with van der Waals surface area (Å²) in [5.74, 6) is 0.0498. The number of methoxy groups -OCH3 is 1. The third kappa shape index (κ3) is 3.06. The lowest BCUT2D eigenvalue weighted by atomic mass is 10.2. The summed E-state index contributed by atoms with van der Waals surface area (Å²) >= 11 is 0. The monoisotopic (exact) mass is 262 g/mol. The summed E-state index contributed by atoms with van der Waals surface area (Å²) < 4.78 is 10.5. The molecule has 2 rings (SSSR count). The van der Waals surface area contributed by atoms with E-state index in [1.165, 1.54) is 0 Å². The fourth-order valence-electron chi connectivity index (χ4n) is 1.89. The minimum Gasteiger partial charge on any atom is -0.451 e. The van der Waals surface area contributed by atoms with E-state index in [9.17, 15) is 4.79 Å². The number of amides is 1. The van der Waals surface area contributed by atoms with Crippen LogP contribution in [0.2, 0.25) is 0 Å². The van der Waals surface area contributed by atoms with Crippen molar-refractivity contribution < 1.29 is 13.9 Å². The Hall–Kier alpha value is -2.01. The van der Waals surface area contributed by atoms with E-state index >= 15 is 0 Å². The van der Waals surface area contributed by atoms with Crippen LogP contribution in [-0.4, -0.2) is 25.7 Å². The lowest BCUT2D eigenvalue weighted by Crippen LogP contribution is -2.37. The van der Waals surface area contributed by atoms with Crippen molar-refractivity contribution in [2.24, 2.45) is 0 Å². The van der Waals surface area contributed by atoms with E-state index in [4.69, 9.17) is 14.9 Å². The first-order chi connectivity index (χ1) is 9.13. The van der Waals surface area contributed by atoms with Crippen LogP contribution >= 0.6 is 0 Å². The van der Waals surface area contributed by atoms with Gasteiger partial charge in [-0.25, -0.2) is 0 Å². The molecule has 1 unspecified atom stereocenters. The van der Waals surface area contributed by atoms with Crippen molar-refractivity contribution >= 4 is 22.6 Å². The highest BCUT2D eigenvalue weighted by Crippen LogP contribution is 2.21. The molecular formula is C14H18N2O3. The zero-order chi connectivity index (χ0) is 13.8. The lowest BCUT2D eigenvalue weighted by Gasteiger charge is -2.14. The predicted octanol–water partition coefficient (Wildman–Crippen LogP) is 2.17. The Morgan fingerprint density at radius 2 is 2.26 bits per heavy atom. The third-order valence-corrected chi connectivity index (χ3v) is 2.96. The number of nitrogen functional groups attached to an aromatic ring is 1. The van der Waals surface area contributed by atoms with E-state index in [0.29, 0.717) is 17.9 Å². The number of hydrogen-bond donors (Lipinski definition) is 2. The molecule has 0 radical (unpaired) electrons. The molecule has 0 saturated carbocycles. The average molecular weight is 262 g/mol. The second-order valence-electron chi connectivity index (χ2n) is 4.44. The summed E-state index contributed by atoms with van der Waals surface area (Å²) in [4.78, 5) is 12.1. The zero-order valence-corrected chi connectivity index (χ0v) is 11.1. The van der Waals surface area contributed by atoms with Crippen molar-refractivity contribution in [3.63, 3.8) is 0 Å². The van der Waals surface area contributed by atoms with Crippen LogP contribution in [0.4, 0.5) is 5.69 Å². The molecule has 19 heavy (non-hydrogen) atoms. The fraction of sp³-hybridized carbons (Fsp3) is 0.357. The fourth-order valence-corrected chi connectivity index (χ4v) is 1.89. The van der Waals surface area contributed by atoms with Crippen molar-refractivity contribution in [2.75, 3.05) is 19.5 Å². The molecule has 0 saturated heterocycles. The minimum absolute atomic E-state index is 0.0178. The van der Waals surface area contributed by atoms with Gasteiger partial charge >= 0.3 is 0 Å². The van der Waals surface area contributed by atoms with E-state index in [2.05, 4.69) is 5.32 Å². The molecule has 1 amide bonds. The number of furan rings is 1. The summed E-state index contributed by atoms with van der Waals surface area (Å²) in [6.45, 7) is 2.47. The van der Waals surface area contributed by atoms with Gasteiger partial charge in [0.25, 0.3) is 5.91 Å². The van der Waals surface area contributed by atoms with Gasteiger partial charge in [-0.1, -0.05) is 6.92 Å². The molecule has 102 valence electrons. The highest BCUT2D eigenvalue weighted by Gasteiger charge is 2.16. The van der Waals surface area contributed by atoms with Gasteiger partial charge in [0.1, 0.15) is 5.58 Å². The zero-order valence-electron chi connectivity index (χ0n) is 11.1. The molecule has 0 aliphatic rings. The molecule has 3 N–H and O–H groups in total. The van der Waals surface area contributed by atoms with E-state index in [1.807, 2.05) is 6.92 Å². The van der Waals surface area contributed by atoms with Gasteiger partial charge < -0.3 is 20.2 Å². The van der Waals surface area contributed by atoms with Gasteiger partial charge in [0.15, 0.2) is 5.76 Å². The van der Waals surface area contributed by atoms with Gasteiger partial charge in [-0.2, -0.15) is 0 Å². The van der Waals surface area contributed by atoms with Crippen LogP contribution in [0.5, 0.6) is 0 Å². The number of anilines is 1. The third-order valence-electron chi connectivity index (χ3n) is 2.96. The Labute approximate surface area is 111 Å². The molecule has 5 nitrogen and oxygen atoms in total. The van der Waals surface area contributed by atoms with Gasteiger partial charge in [0, 0.05) is 18.2 Å². The first kappa shape index (κ1) is 13.4. The van der Waals surface area contributed by atoms with Crippen LogP contribution < -0.4 is 11.1 Å². The largest absolute Gasteiger partial charge is 0.451 e. The number of nitrogens with two attached hydrogens (primary N) is 1. The first-order valence-electron chi connectivity index (χ1n) is 6.23. The molecule has 0 bridgehead atoms. The number of ether oxygens (including phenoxy) is 1. The van der Waals surface area contributed by atoms with Crippen LogP contribution in [0.25, 0.3) is 11.0 Å². The average Bonchev–Trinajstić information content (AvgIpc) is 2.81. The van der Waals surface area contributed by atoms with E-state index in [-0.39, 0.29) is 17.7 Å². The van der Waals surface area contributed by atoms with Crippen LogP contribution in [0, 0.1) is 0 Å². The highest BCUT2D eigenvalue weighted by atomic mass is 16.5. The smallest absolute Gasteiger partial charge is 0.287 e. The molecule has 1 atom stereocenters. The van der Waals surface area contributed by atoms with E-state index < -0.39 is 0 Å². The number of fused-ring (bicyclic) bond motifs is 1. The van der Waals surface area contributed by atoms with Crippen molar-refractivity contribution in [3.8, 4) is 0 Å².